The SMILES string of the molecule is O=C(Cn1nnn(-c2ccccc2Cl)c1=O)Nc1ccccc1C(=O)NC1CCCC1. The molecular formula is C21H21ClN6O3. The van der Waals surface area contributed by atoms with Crippen molar-refractivity contribution in [3.63, 3.8) is 0 Å². The summed E-state index contributed by atoms with van der Waals surface area (Å²) in [5.74, 6) is -0.737. The van der Waals surface area contributed by atoms with E-state index in [1.807, 2.05) is 0 Å². The number of nitrogens with one attached hydrogen (secondary N) is 2. The third-order valence-corrected chi connectivity index (χ3v) is 5.47. The van der Waals surface area contributed by atoms with Gasteiger partial charge in [0.25, 0.3) is 5.91 Å². The van der Waals surface area contributed by atoms with Crippen molar-refractivity contribution in [2.75, 3.05) is 5.32 Å². The molecule has 9 nitrogen and oxygen atoms in total. The summed E-state index contributed by atoms with van der Waals surface area (Å²) >= 11 is 6.11. The largest absolute Gasteiger partial charge is 0.369 e. The van der Waals surface area contributed by atoms with Crippen LogP contribution in [0.5, 0.6) is 0 Å². The predicted octanol–water partition coefficient (Wildman–Crippen LogP) is 2.39. The number of benzene rings is 2. The van der Waals surface area contributed by atoms with Gasteiger partial charge in [0.15, 0.2) is 0 Å². The van der Waals surface area contributed by atoms with E-state index in [-0.39, 0.29) is 18.5 Å². The first-order valence-electron chi connectivity index (χ1n) is 10.0. The second-order valence-corrected chi connectivity index (χ2v) is 7.74. The van der Waals surface area contributed by atoms with E-state index in [0.29, 0.717) is 22.0 Å². The highest BCUT2D eigenvalue weighted by atomic mass is 35.5. The van der Waals surface area contributed by atoms with E-state index < -0.39 is 11.6 Å². The fraction of sp³-hybridized carbons (Fsp3) is 0.286. The minimum atomic E-state index is -0.601. The highest BCUT2D eigenvalue weighted by molar-refractivity contribution is 6.32. The second-order valence-electron chi connectivity index (χ2n) is 7.33. The molecule has 0 aliphatic heterocycles. The van der Waals surface area contributed by atoms with Gasteiger partial charge in [-0.05, 0) is 47.5 Å². The number of anilines is 1. The summed E-state index contributed by atoms with van der Waals surface area (Å²) in [6.07, 6.45) is 4.13. The van der Waals surface area contributed by atoms with Crippen LogP contribution in [0.25, 0.3) is 5.69 Å². The highest BCUT2D eigenvalue weighted by Gasteiger charge is 2.20. The minimum absolute atomic E-state index is 0.162. The fourth-order valence-electron chi connectivity index (χ4n) is 3.60. The Kier molecular flexibility index (Phi) is 6.13. The van der Waals surface area contributed by atoms with Crippen molar-refractivity contribution in [2.45, 2.75) is 38.3 Å². The lowest BCUT2D eigenvalue weighted by Gasteiger charge is -2.15. The van der Waals surface area contributed by atoms with Gasteiger partial charge in [-0.25, -0.2) is 4.79 Å². The van der Waals surface area contributed by atoms with Gasteiger partial charge in [-0.15, -0.1) is 0 Å². The zero-order valence-corrected chi connectivity index (χ0v) is 17.4. The summed E-state index contributed by atoms with van der Waals surface area (Å²) in [5.41, 5.74) is 0.509. The minimum Gasteiger partial charge on any atom is -0.349 e. The van der Waals surface area contributed by atoms with Crippen LogP contribution in [0.4, 0.5) is 5.69 Å². The Morgan fingerprint density at radius 1 is 1.03 bits per heavy atom. The summed E-state index contributed by atoms with van der Waals surface area (Å²) in [7, 11) is 0. The molecule has 160 valence electrons. The van der Waals surface area contributed by atoms with Crippen LogP contribution in [0.2, 0.25) is 5.02 Å². The van der Waals surface area contributed by atoms with Crippen LogP contribution in [0.15, 0.2) is 53.3 Å². The number of nitrogens with zero attached hydrogens (tertiary/aromatic N) is 4. The molecule has 4 rings (SSSR count). The molecule has 0 radical (unpaired) electrons. The molecule has 10 heteroatoms. The molecule has 2 aromatic carbocycles. The smallest absolute Gasteiger partial charge is 0.349 e. The maximum atomic E-state index is 12.7. The van der Waals surface area contributed by atoms with E-state index in [2.05, 4.69) is 21.1 Å². The van der Waals surface area contributed by atoms with Gasteiger partial charge in [-0.1, -0.05) is 48.7 Å². The molecule has 0 unspecified atom stereocenters. The topological polar surface area (TPSA) is 111 Å². The first-order chi connectivity index (χ1) is 15.0. The van der Waals surface area contributed by atoms with Crippen LogP contribution in [0.3, 0.4) is 0 Å². The van der Waals surface area contributed by atoms with Crippen LogP contribution in [0.1, 0.15) is 36.0 Å². The van der Waals surface area contributed by atoms with Gasteiger partial charge in [0.1, 0.15) is 6.54 Å². The predicted molar refractivity (Wildman–Crippen MR) is 115 cm³/mol. The molecule has 0 spiro atoms. The molecule has 3 aromatic rings. The third kappa shape index (κ3) is 4.66. The summed E-state index contributed by atoms with van der Waals surface area (Å²) in [5, 5.41) is 13.6. The van der Waals surface area contributed by atoms with E-state index in [0.717, 1.165) is 35.0 Å². The molecule has 2 amide bonds. The second kappa shape index (κ2) is 9.13. The van der Waals surface area contributed by atoms with Crippen molar-refractivity contribution in [2.24, 2.45) is 0 Å². The number of tetrazole rings is 1. The van der Waals surface area contributed by atoms with Gasteiger partial charge < -0.3 is 10.6 Å². The fourth-order valence-corrected chi connectivity index (χ4v) is 3.81. The van der Waals surface area contributed by atoms with Crippen LogP contribution in [0, 0.1) is 0 Å². The Balaban J connectivity index is 1.47. The molecule has 0 bridgehead atoms. The maximum Gasteiger partial charge on any atom is 0.369 e. The summed E-state index contributed by atoms with van der Waals surface area (Å²) in [4.78, 5) is 37.8. The number of para-hydroxylation sites is 2. The Hall–Kier alpha value is -3.46. The average Bonchev–Trinajstić information content (AvgIpc) is 3.39. The number of aromatic nitrogens is 4. The summed E-state index contributed by atoms with van der Waals surface area (Å²) in [6.45, 7) is -0.359. The van der Waals surface area contributed by atoms with Crippen LogP contribution in [-0.2, 0) is 11.3 Å². The number of hydrogen-bond acceptors (Lipinski definition) is 5. The Morgan fingerprint density at radius 3 is 2.52 bits per heavy atom. The van der Waals surface area contributed by atoms with E-state index in [4.69, 9.17) is 11.6 Å². The number of rotatable bonds is 6. The molecule has 1 aliphatic carbocycles. The lowest BCUT2D eigenvalue weighted by Crippen LogP contribution is -2.34. The van der Waals surface area contributed by atoms with Crippen molar-refractivity contribution in [1.82, 2.24) is 25.1 Å². The normalized spacial score (nSPS) is 13.8. The number of carbonyl (C=O) groups excluding carboxylic acids is 2. The van der Waals surface area contributed by atoms with E-state index in [1.54, 1.807) is 48.5 Å². The van der Waals surface area contributed by atoms with Gasteiger partial charge in [-0.2, -0.15) is 9.36 Å². The summed E-state index contributed by atoms with van der Waals surface area (Å²) in [6, 6.07) is 13.6. The van der Waals surface area contributed by atoms with Gasteiger partial charge in [0.2, 0.25) is 5.91 Å². The molecule has 31 heavy (non-hydrogen) atoms. The monoisotopic (exact) mass is 440 g/mol. The van der Waals surface area contributed by atoms with Crippen LogP contribution >= 0.6 is 11.6 Å². The number of carbonyl (C=O) groups is 2. The Morgan fingerprint density at radius 2 is 1.74 bits per heavy atom. The van der Waals surface area contributed by atoms with Crippen molar-refractivity contribution in [1.29, 1.82) is 0 Å². The lowest BCUT2D eigenvalue weighted by molar-refractivity contribution is -0.117. The van der Waals surface area contributed by atoms with E-state index >= 15 is 0 Å². The number of hydrogen-bond donors (Lipinski definition) is 2. The molecule has 0 atom stereocenters. The maximum absolute atomic E-state index is 12.7. The molecule has 0 saturated heterocycles. The van der Waals surface area contributed by atoms with Gasteiger partial charge in [0, 0.05) is 6.04 Å². The first kappa shape index (κ1) is 20.8. The number of halogens is 1. The van der Waals surface area contributed by atoms with Gasteiger partial charge in [0.05, 0.1) is 22.0 Å². The quantitative estimate of drug-likeness (QED) is 0.611. The molecule has 1 aliphatic rings. The van der Waals surface area contributed by atoms with E-state index in [1.165, 1.54) is 0 Å². The zero-order valence-electron chi connectivity index (χ0n) is 16.6. The van der Waals surface area contributed by atoms with E-state index in [9.17, 15) is 14.4 Å². The molecule has 1 fully saturated rings. The third-order valence-electron chi connectivity index (χ3n) is 5.15. The zero-order chi connectivity index (χ0) is 21.8. The standard InChI is InChI=1S/C21H21ClN6O3/c22-16-10-4-6-12-18(16)28-21(31)27(25-26-28)13-19(29)24-17-11-5-3-9-15(17)20(30)23-14-7-1-2-8-14/h3-6,9-12,14H,1-2,7-8,13H2,(H,23,30)(H,24,29). The molecule has 2 N–H and O–H groups in total. The van der Waals surface area contributed by atoms with Crippen molar-refractivity contribution in [3.05, 3.63) is 69.6 Å². The van der Waals surface area contributed by atoms with Crippen molar-refractivity contribution < 1.29 is 9.59 Å². The Bertz CT molecular complexity index is 1170. The van der Waals surface area contributed by atoms with Crippen molar-refractivity contribution >= 4 is 29.1 Å². The van der Waals surface area contributed by atoms with Crippen molar-refractivity contribution in [3.8, 4) is 5.69 Å². The van der Waals surface area contributed by atoms with Crippen LogP contribution < -0.4 is 16.3 Å². The summed E-state index contributed by atoms with van der Waals surface area (Å²) < 4.78 is 1.96. The Labute approximate surface area is 183 Å². The molecule has 1 heterocycles. The van der Waals surface area contributed by atoms with Gasteiger partial charge >= 0.3 is 5.69 Å². The average molecular weight is 441 g/mol. The first-order valence-corrected chi connectivity index (χ1v) is 10.4. The molecule has 1 aromatic heterocycles. The molecular weight excluding hydrogens is 420 g/mol. The molecule has 1 saturated carbocycles. The van der Waals surface area contributed by atoms with Crippen LogP contribution in [-0.4, -0.2) is 37.6 Å². The number of amides is 2. The van der Waals surface area contributed by atoms with Gasteiger partial charge in [-0.3, -0.25) is 9.59 Å². The highest BCUT2D eigenvalue weighted by Crippen LogP contribution is 2.20. The lowest BCUT2D eigenvalue weighted by atomic mass is 10.1.